The molecule has 8 atom stereocenters. The summed E-state index contributed by atoms with van der Waals surface area (Å²) in [4.78, 5) is 38.2. The van der Waals surface area contributed by atoms with Crippen LogP contribution in [0.15, 0.2) is 23.8 Å². The second kappa shape index (κ2) is 14.3. The summed E-state index contributed by atoms with van der Waals surface area (Å²) in [5.41, 5.74) is -5.36. The van der Waals surface area contributed by atoms with Gasteiger partial charge >= 0.3 is 5.97 Å². The molecule has 3 saturated carbocycles. The van der Waals surface area contributed by atoms with Crippen LogP contribution in [0, 0.1) is 28.6 Å². The van der Waals surface area contributed by atoms with Gasteiger partial charge in [0.2, 0.25) is 5.78 Å². The number of aliphatic hydroxyl groups is 2. The Morgan fingerprint density at radius 1 is 0.977 bits per heavy atom. The maximum atomic E-state index is 17.3. The molecule has 4 aliphatic carbocycles. The Bertz CT molecular complexity index is 1120. The smallest absolute Gasteiger partial charge is 0.306 e. The van der Waals surface area contributed by atoms with Gasteiger partial charge in [0.05, 0.1) is 6.10 Å². The van der Waals surface area contributed by atoms with Gasteiger partial charge < -0.3 is 14.9 Å². The number of unbranched alkanes of at least 4 members (excludes halogenated alkanes) is 11. The lowest BCUT2D eigenvalue weighted by atomic mass is 9.44. The van der Waals surface area contributed by atoms with Gasteiger partial charge in [-0.2, -0.15) is 0 Å². The quantitative estimate of drug-likeness (QED) is 0.137. The normalized spacial score (nSPS) is 37.6. The van der Waals surface area contributed by atoms with Gasteiger partial charge in [-0.3, -0.25) is 14.4 Å². The molecule has 0 heterocycles. The molecule has 4 rings (SSSR count). The van der Waals surface area contributed by atoms with Crippen molar-refractivity contribution in [2.75, 3.05) is 6.61 Å². The van der Waals surface area contributed by atoms with Gasteiger partial charge in [-0.15, -0.1) is 0 Å². The zero-order valence-electron chi connectivity index (χ0n) is 27.7. The molecule has 8 unspecified atom stereocenters. The van der Waals surface area contributed by atoms with Gasteiger partial charge in [0.25, 0.3) is 0 Å². The lowest BCUT2D eigenvalue weighted by molar-refractivity contribution is -0.220. The fraction of sp³-hybridized carbons (Fsp3) is 0.811. The van der Waals surface area contributed by atoms with Crippen molar-refractivity contribution in [2.45, 2.75) is 154 Å². The molecule has 0 amide bonds. The van der Waals surface area contributed by atoms with Crippen LogP contribution in [0.2, 0.25) is 0 Å². The fourth-order valence-corrected chi connectivity index (χ4v) is 9.58. The number of esters is 1. The monoisotopic (exact) mass is 616 g/mol. The summed E-state index contributed by atoms with van der Waals surface area (Å²) >= 11 is 0. The molecule has 4 aliphatic rings. The van der Waals surface area contributed by atoms with Crippen LogP contribution < -0.4 is 0 Å². The number of halogens is 1. The van der Waals surface area contributed by atoms with Crippen LogP contribution in [0.5, 0.6) is 0 Å². The third-order valence-electron chi connectivity index (χ3n) is 12.2. The van der Waals surface area contributed by atoms with Gasteiger partial charge in [0.15, 0.2) is 18.1 Å². The number of hydrogen-bond donors (Lipinski definition) is 2. The molecule has 0 aromatic rings. The minimum atomic E-state index is -2.02. The number of rotatable bonds is 16. The first-order chi connectivity index (χ1) is 20.9. The van der Waals surface area contributed by atoms with Crippen LogP contribution in [-0.4, -0.2) is 51.7 Å². The SMILES string of the molecule is CCCCCCCCCCCCCCC(=O)OCC(=O)C1(O)C(C)CC2C3CCC4=CC(=O)C=CC4(C)C3(F)C(O)CC21C. The number of hydrogen-bond acceptors (Lipinski definition) is 6. The maximum absolute atomic E-state index is 17.3. The van der Waals surface area contributed by atoms with Gasteiger partial charge in [-0.25, -0.2) is 4.39 Å². The van der Waals surface area contributed by atoms with Crippen molar-refractivity contribution in [3.63, 3.8) is 0 Å². The van der Waals surface area contributed by atoms with Crippen molar-refractivity contribution in [1.82, 2.24) is 0 Å². The highest BCUT2D eigenvalue weighted by atomic mass is 19.1. The predicted molar refractivity (Wildman–Crippen MR) is 170 cm³/mol. The molecule has 0 saturated heterocycles. The second-order valence-electron chi connectivity index (χ2n) is 14.9. The van der Waals surface area contributed by atoms with Gasteiger partial charge in [0, 0.05) is 23.2 Å². The van der Waals surface area contributed by atoms with Gasteiger partial charge in [-0.1, -0.05) is 103 Å². The number of ether oxygens (including phenoxy) is 1. The molecule has 6 nitrogen and oxygen atoms in total. The average Bonchev–Trinajstić information content (AvgIpc) is 3.19. The van der Waals surface area contributed by atoms with Crippen molar-refractivity contribution in [3.8, 4) is 0 Å². The number of Topliss-reactive ketones (excluding diaryl/α,β-unsaturated/α-hetero) is 1. The van der Waals surface area contributed by atoms with E-state index < -0.39 is 58.4 Å². The molecule has 0 radical (unpaired) electrons. The highest BCUT2D eigenvalue weighted by molar-refractivity contribution is 6.01. The second-order valence-corrected chi connectivity index (χ2v) is 14.9. The zero-order chi connectivity index (χ0) is 32.2. The van der Waals surface area contributed by atoms with E-state index in [-0.39, 0.29) is 24.5 Å². The molecule has 3 fully saturated rings. The van der Waals surface area contributed by atoms with Crippen molar-refractivity contribution in [3.05, 3.63) is 23.8 Å². The summed E-state index contributed by atoms with van der Waals surface area (Å²) in [6.45, 7) is 7.07. The van der Waals surface area contributed by atoms with Crippen LogP contribution in [0.1, 0.15) is 137 Å². The largest absolute Gasteiger partial charge is 0.458 e. The van der Waals surface area contributed by atoms with Crippen LogP contribution in [0.3, 0.4) is 0 Å². The van der Waals surface area contributed by atoms with E-state index in [0.29, 0.717) is 31.3 Å². The number of carbonyl (C=O) groups excluding carboxylic acids is 3. The number of aliphatic hydroxyl groups excluding tert-OH is 1. The third-order valence-corrected chi connectivity index (χ3v) is 12.2. The van der Waals surface area contributed by atoms with Crippen LogP contribution in [0.25, 0.3) is 0 Å². The van der Waals surface area contributed by atoms with Crippen LogP contribution in [-0.2, 0) is 19.1 Å². The van der Waals surface area contributed by atoms with Crippen molar-refractivity contribution in [1.29, 1.82) is 0 Å². The van der Waals surface area contributed by atoms with Crippen LogP contribution >= 0.6 is 0 Å². The van der Waals surface area contributed by atoms with E-state index >= 15 is 4.39 Å². The Balaban J connectivity index is 1.27. The molecule has 0 aliphatic heterocycles. The predicted octanol–water partition coefficient (Wildman–Crippen LogP) is 7.54. The van der Waals surface area contributed by atoms with Crippen LogP contribution in [0.4, 0.5) is 4.39 Å². The highest BCUT2D eigenvalue weighted by Gasteiger charge is 2.75. The van der Waals surface area contributed by atoms with E-state index in [1.807, 2.05) is 0 Å². The third kappa shape index (κ3) is 6.26. The first-order valence-electron chi connectivity index (χ1n) is 17.6. The summed E-state index contributed by atoms with van der Waals surface area (Å²) < 4.78 is 22.7. The summed E-state index contributed by atoms with van der Waals surface area (Å²) in [7, 11) is 0. The molecule has 44 heavy (non-hydrogen) atoms. The highest BCUT2D eigenvalue weighted by Crippen LogP contribution is 2.70. The van der Waals surface area contributed by atoms with Gasteiger partial charge in [0.1, 0.15) is 5.60 Å². The Hall–Kier alpha value is -1.86. The van der Waals surface area contributed by atoms with Gasteiger partial charge in [-0.05, 0) is 63.0 Å². The molecule has 248 valence electrons. The number of ketones is 2. The lowest BCUT2D eigenvalue weighted by Gasteiger charge is -2.62. The topological polar surface area (TPSA) is 101 Å². The summed E-state index contributed by atoms with van der Waals surface area (Å²) in [5, 5.41) is 23.5. The first kappa shape index (κ1) is 35.0. The zero-order valence-corrected chi connectivity index (χ0v) is 27.7. The van der Waals surface area contributed by atoms with Crippen molar-refractivity contribution < 1.29 is 33.7 Å². The molecule has 0 aromatic carbocycles. The standard InChI is InChI=1S/C37H57FO6/c1-5-6-7-8-9-10-11-12-13-14-15-16-17-33(42)44-25-32(41)37(43)26(2)22-30-29-19-18-27-23-28(39)20-21-34(27,3)36(29,38)31(40)24-35(30,37)4/h20-21,23,26,29-31,40,43H,5-19,22,24-25H2,1-4H3. The molecule has 7 heteroatoms. The van der Waals surface area contributed by atoms with Crippen molar-refractivity contribution in [2.24, 2.45) is 28.6 Å². The van der Waals surface area contributed by atoms with E-state index in [0.717, 1.165) is 12.8 Å². The van der Waals surface area contributed by atoms with Crippen molar-refractivity contribution >= 4 is 17.5 Å². The Labute approximate surface area is 264 Å². The Kier molecular flexibility index (Phi) is 11.4. The number of allylic oxidation sites excluding steroid dienone is 4. The summed E-state index contributed by atoms with van der Waals surface area (Å²) in [5.74, 6) is -2.59. The molecule has 0 aromatic heterocycles. The Morgan fingerprint density at radius 3 is 2.18 bits per heavy atom. The first-order valence-corrected chi connectivity index (χ1v) is 17.6. The molecule has 2 N–H and O–H groups in total. The molecular formula is C37H57FO6. The minimum absolute atomic E-state index is 0.0886. The average molecular weight is 617 g/mol. The Morgan fingerprint density at radius 2 is 1.57 bits per heavy atom. The summed E-state index contributed by atoms with van der Waals surface area (Å²) in [6.07, 6.45) is 19.0. The fourth-order valence-electron chi connectivity index (χ4n) is 9.58. The lowest BCUT2D eigenvalue weighted by Crippen LogP contribution is -2.69. The summed E-state index contributed by atoms with van der Waals surface area (Å²) in [6, 6.07) is 0. The molecular weight excluding hydrogens is 559 g/mol. The van der Waals surface area contributed by atoms with E-state index in [1.165, 1.54) is 69.9 Å². The molecule has 0 spiro atoms. The van der Waals surface area contributed by atoms with E-state index in [9.17, 15) is 24.6 Å². The number of fused-ring (bicyclic) bond motifs is 5. The molecule has 0 bridgehead atoms. The van der Waals surface area contributed by atoms with E-state index in [2.05, 4.69) is 6.92 Å². The maximum Gasteiger partial charge on any atom is 0.306 e. The minimum Gasteiger partial charge on any atom is -0.458 e. The number of carbonyl (C=O) groups is 3. The van der Waals surface area contributed by atoms with E-state index in [4.69, 9.17) is 4.74 Å². The van der Waals surface area contributed by atoms with E-state index in [1.54, 1.807) is 26.8 Å². The number of alkyl halides is 1.